The van der Waals surface area contributed by atoms with Gasteiger partial charge in [0.05, 0.1) is 6.61 Å². The predicted molar refractivity (Wildman–Crippen MR) is 59.8 cm³/mol. The molecule has 1 rings (SSSR count). The molecule has 1 aromatic carbocycles. The quantitative estimate of drug-likeness (QED) is 0.760. The van der Waals surface area contributed by atoms with Crippen molar-refractivity contribution in [2.45, 2.75) is 6.92 Å². The van der Waals surface area contributed by atoms with E-state index < -0.39 is 23.4 Å². The Morgan fingerprint density at radius 1 is 1.28 bits per heavy atom. The first-order chi connectivity index (χ1) is 8.51. The number of hydrogen-bond acceptors (Lipinski definition) is 2. The van der Waals surface area contributed by atoms with Gasteiger partial charge in [-0.2, -0.15) is 0 Å². The largest absolute Gasteiger partial charge is 0.383 e. The highest BCUT2D eigenvalue weighted by molar-refractivity contribution is 5.94. The summed E-state index contributed by atoms with van der Waals surface area (Å²) >= 11 is 0. The molecule has 0 aliphatic carbocycles. The van der Waals surface area contributed by atoms with Gasteiger partial charge in [-0.3, -0.25) is 4.79 Å². The Kier molecular flexibility index (Phi) is 5.15. The molecule has 0 radical (unpaired) electrons. The molecule has 100 valence electrons. The molecule has 1 amide bonds. The fraction of sp³-hybridized carbons (Fsp3) is 0.417. The van der Waals surface area contributed by atoms with Crippen LogP contribution in [0.1, 0.15) is 17.3 Å². The fourth-order valence-electron chi connectivity index (χ4n) is 1.47. The van der Waals surface area contributed by atoms with Gasteiger partial charge in [-0.1, -0.05) is 0 Å². The molecule has 0 aliphatic rings. The molecule has 0 fully saturated rings. The molecule has 0 aromatic heterocycles. The van der Waals surface area contributed by atoms with Crippen molar-refractivity contribution in [3.63, 3.8) is 0 Å². The topological polar surface area (TPSA) is 29.5 Å². The number of nitrogens with zero attached hydrogens (tertiary/aromatic N) is 1. The number of halogens is 3. The minimum absolute atomic E-state index is 0.218. The molecule has 18 heavy (non-hydrogen) atoms. The first-order valence-corrected chi connectivity index (χ1v) is 5.44. The van der Waals surface area contributed by atoms with Crippen molar-refractivity contribution >= 4 is 5.91 Å². The zero-order chi connectivity index (χ0) is 13.7. The van der Waals surface area contributed by atoms with Crippen LogP contribution in [-0.2, 0) is 4.74 Å². The Balaban J connectivity index is 2.95. The minimum atomic E-state index is -1.58. The van der Waals surface area contributed by atoms with Gasteiger partial charge in [0.15, 0.2) is 17.5 Å². The first-order valence-electron chi connectivity index (χ1n) is 5.44. The van der Waals surface area contributed by atoms with Crippen LogP contribution in [0.15, 0.2) is 12.1 Å². The number of carbonyl (C=O) groups is 1. The molecule has 0 saturated carbocycles. The Bertz CT molecular complexity index is 414. The monoisotopic (exact) mass is 261 g/mol. The van der Waals surface area contributed by atoms with Crippen molar-refractivity contribution in [1.82, 2.24) is 4.90 Å². The van der Waals surface area contributed by atoms with E-state index in [4.69, 9.17) is 4.74 Å². The van der Waals surface area contributed by atoms with E-state index in [-0.39, 0.29) is 5.56 Å². The SMILES string of the molecule is CCN(CCOC)C(=O)c1cc(F)c(F)c(F)c1. The molecule has 1 aromatic rings. The van der Waals surface area contributed by atoms with Gasteiger partial charge < -0.3 is 9.64 Å². The standard InChI is InChI=1S/C12H14F3NO2/c1-3-16(4-5-18-2)12(17)8-6-9(13)11(15)10(14)7-8/h6-7H,3-5H2,1-2H3. The minimum Gasteiger partial charge on any atom is -0.383 e. The van der Waals surface area contributed by atoms with Gasteiger partial charge in [0.1, 0.15) is 0 Å². The van der Waals surface area contributed by atoms with Crippen LogP contribution < -0.4 is 0 Å². The molecule has 0 spiro atoms. The second-order valence-electron chi connectivity index (χ2n) is 3.63. The number of amides is 1. The molecule has 0 atom stereocenters. The molecule has 3 nitrogen and oxygen atoms in total. The first kappa shape index (κ1) is 14.5. The van der Waals surface area contributed by atoms with E-state index in [1.165, 1.54) is 12.0 Å². The van der Waals surface area contributed by atoms with E-state index in [2.05, 4.69) is 0 Å². The van der Waals surface area contributed by atoms with Crippen LogP contribution in [0.5, 0.6) is 0 Å². The molecule has 0 bridgehead atoms. The summed E-state index contributed by atoms with van der Waals surface area (Å²) in [5, 5.41) is 0. The third kappa shape index (κ3) is 3.22. The van der Waals surface area contributed by atoms with Gasteiger partial charge in [-0.25, -0.2) is 13.2 Å². The van der Waals surface area contributed by atoms with Crippen LogP contribution in [0, 0.1) is 17.5 Å². The maximum Gasteiger partial charge on any atom is 0.254 e. The van der Waals surface area contributed by atoms with Crippen LogP contribution >= 0.6 is 0 Å². The van der Waals surface area contributed by atoms with Gasteiger partial charge in [-0.15, -0.1) is 0 Å². The van der Waals surface area contributed by atoms with Crippen molar-refractivity contribution < 1.29 is 22.7 Å². The van der Waals surface area contributed by atoms with Crippen LogP contribution in [0.25, 0.3) is 0 Å². The van der Waals surface area contributed by atoms with Crippen LogP contribution in [0.4, 0.5) is 13.2 Å². The number of hydrogen-bond donors (Lipinski definition) is 0. The maximum absolute atomic E-state index is 13.0. The van der Waals surface area contributed by atoms with Crippen molar-refractivity contribution in [3.05, 3.63) is 35.1 Å². The Hall–Kier alpha value is -1.56. The van der Waals surface area contributed by atoms with E-state index in [0.717, 1.165) is 0 Å². The lowest BCUT2D eigenvalue weighted by molar-refractivity contribution is 0.0705. The van der Waals surface area contributed by atoms with Gasteiger partial charge in [0.2, 0.25) is 0 Å². The van der Waals surface area contributed by atoms with Gasteiger partial charge >= 0.3 is 0 Å². The fourth-order valence-corrected chi connectivity index (χ4v) is 1.47. The number of carbonyl (C=O) groups excluding carboxylic acids is 1. The van der Waals surface area contributed by atoms with E-state index in [1.54, 1.807) is 6.92 Å². The van der Waals surface area contributed by atoms with Gasteiger partial charge in [0, 0.05) is 25.8 Å². The highest BCUT2D eigenvalue weighted by atomic mass is 19.2. The van der Waals surface area contributed by atoms with Crippen LogP contribution in [0.3, 0.4) is 0 Å². The number of likely N-dealkylation sites (N-methyl/N-ethyl adjacent to an activating group) is 1. The second kappa shape index (κ2) is 6.39. The lowest BCUT2D eigenvalue weighted by atomic mass is 10.1. The summed E-state index contributed by atoms with van der Waals surface area (Å²) < 4.78 is 43.6. The van der Waals surface area contributed by atoms with Crippen LogP contribution in [-0.4, -0.2) is 37.6 Å². The van der Waals surface area contributed by atoms with E-state index in [0.29, 0.717) is 31.8 Å². The molecular formula is C12H14F3NO2. The van der Waals surface area contributed by atoms with Crippen molar-refractivity contribution in [1.29, 1.82) is 0 Å². The average molecular weight is 261 g/mol. The molecule has 0 N–H and O–H groups in total. The zero-order valence-corrected chi connectivity index (χ0v) is 10.2. The normalized spacial score (nSPS) is 10.5. The highest BCUT2D eigenvalue weighted by Crippen LogP contribution is 2.15. The molecule has 6 heteroatoms. The number of methoxy groups -OCH3 is 1. The average Bonchev–Trinajstić information content (AvgIpc) is 2.36. The summed E-state index contributed by atoms with van der Waals surface area (Å²) in [6, 6.07) is 1.38. The van der Waals surface area contributed by atoms with E-state index in [9.17, 15) is 18.0 Å². The third-order valence-electron chi connectivity index (χ3n) is 2.47. The highest BCUT2D eigenvalue weighted by Gasteiger charge is 2.18. The summed E-state index contributed by atoms with van der Waals surface area (Å²) in [7, 11) is 1.48. The summed E-state index contributed by atoms with van der Waals surface area (Å²) in [5.41, 5.74) is -0.218. The molecule has 0 aliphatic heterocycles. The predicted octanol–water partition coefficient (Wildman–Crippen LogP) is 2.21. The van der Waals surface area contributed by atoms with Crippen molar-refractivity contribution in [3.8, 4) is 0 Å². The number of ether oxygens (including phenoxy) is 1. The van der Waals surface area contributed by atoms with Gasteiger partial charge in [0.25, 0.3) is 5.91 Å². The molecule has 0 saturated heterocycles. The second-order valence-corrected chi connectivity index (χ2v) is 3.63. The maximum atomic E-state index is 13.0. The van der Waals surface area contributed by atoms with Crippen molar-refractivity contribution in [2.24, 2.45) is 0 Å². The lowest BCUT2D eigenvalue weighted by Crippen LogP contribution is -2.33. The third-order valence-corrected chi connectivity index (χ3v) is 2.47. The Morgan fingerprint density at radius 2 is 1.83 bits per heavy atom. The van der Waals surface area contributed by atoms with Crippen molar-refractivity contribution in [2.75, 3.05) is 26.8 Å². The summed E-state index contributed by atoms with van der Waals surface area (Å²) in [6.45, 7) is 2.70. The van der Waals surface area contributed by atoms with E-state index in [1.807, 2.05) is 0 Å². The summed E-state index contributed by atoms with van der Waals surface area (Å²) in [6.07, 6.45) is 0. The molecular weight excluding hydrogens is 247 g/mol. The lowest BCUT2D eigenvalue weighted by Gasteiger charge is -2.20. The zero-order valence-electron chi connectivity index (χ0n) is 10.2. The number of rotatable bonds is 5. The Morgan fingerprint density at radius 3 is 2.28 bits per heavy atom. The number of benzene rings is 1. The van der Waals surface area contributed by atoms with Crippen LogP contribution in [0.2, 0.25) is 0 Å². The summed E-state index contributed by atoms with van der Waals surface area (Å²) in [4.78, 5) is 13.3. The smallest absolute Gasteiger partial charge is 0.254 e. The summed E-state index contributed by atoms with van der Waals surface area (Å²) in [5.74, 6) is -4.89. The van der Waals surface area contributed by atoms with E-state index >= 15 is 0 Å². The van der Waals surface area contributed by atoms with Gasteiger partial charge in [-0.05, 0) is 19.1 Å². The Labute approximate surface area is 103 Å². The molecule has 0 heterocycles. The molecule has 0 unspecified atom stereocenters.